The molecule has 1 aliphatic rings. The van der Waals surface area contributed by atoms with Crippen LogP contribution in [0.25, 0.3) is 0 Å². The van der Waals surface area contributed by atoms with Crippen molar-refractivity contribution in [2.45, 2.75) is 31.0 Å². The van der Waals surface area contributed by atoms with Gasteiger partial charge in [0.15, 0.2) is 0 Å². The summed E-state index contributed by atoms with van der Waals surface area (Å²) in [6, 6.07) is 5.46. The summed E-state index contributed by atoms with van der Waals surface area (Å²) in [5.41, 5.74) is 5.91. The second-order valence-electron chi connectivity index (χ2n) is 4.99. The summed E-state index contributed by atoms with van der Waals surface area (Å²) in [5.74, 6) is 0. The molecule has 0 aromatic heterocycles. The van der Waals surface area contributed by atoms with Crippen LogP contribution in [0.4, 0.5) is 13.2 Å². The highest BCUT2D eigenvalue weighted by atomic mass is 19.4. The van der Waals surface area contributed by atoms with Gasteiger partial charge in [-0.2, -0.15) is 13.2 Å². The number of hydrogen-bond donors (Lipinski definition) is 2. The summed E-state index contributed by atoms with van der Waals surface area (Å²) in [4.78, 5) is 0. The van der Waals surface area contributed by atoms with Gasteiger partial charge in [-0.05, 0) is 44.0 Å². The molecule has 100 valence electrons. The highest BCUT2D eigenvalue weighted by molar-refractivity contribution is 5.27. The van der Waals surface area contributed by atoms with E-state index >= 15 is 0 Å². The molecule has 5 heteroatoms. The Morgan fingerprint density at radius 3 is 2.50 bits per heavy atom. The summed E-state index contributed by atoms with van der Waals surface area (Å²) < 4.78 is 37.8. The van der Waals surface area contributed by atoms with Crippen LogP contribution in [0.3, 0.4) is 0 Å². The van der Waals surface area contributed by atoms with Gasteiger partial charge in [-0.25, -0.2) is 0 Å². The fraction of sp³-hybridized carbons (Fsp3) is 0.538. The molecule has 2 nitrogen and oxygen atoms in total. The number of halogens is 3. The van der Waals surface area contributed by atoms with Crippen LogP contribution < -0.4 is 11.1 Å². The zero-order valence-corrected chi connectivity index (χ0v) is 10.1. The van der Waals surface area contributed by atoms with E-state index in [-0.39, 0.29) is 5.54 Å². The normalized spacial score (nSPS) is 19.8. The average molecular weight is 258 g/mol. The van der Waals surface area contributed by atoms with Crippen LogP contribution >= 0.6 is 0 Å². The summed E-state index contributed by atoms with van der Waals surface area (Å²) in [7, 11) is 0. The van der Waals surface area contributed by atoms with E-state index in [1.165, 1.54) is 12.1 Å². The highest BCUT2D eigenvalue weighted by Crippen LogP contribution is 2.30. The molecule has 18 heavy (non-hydrogen) atoms. The summed E-state index contributed by atoms with van der Waals surface area (Å²) in [5, 5.41) is 3.20. The Hall–Kier alpha value is -1.07. The van der Waals surface area contributed by atoms with Crippen molar-refractivity contribution in [1.29, 1.82) is 0 Å². The largest absolute Gasteiger partial charge is 0.416 e. The smallest absolute Gasteiger partial charge is 0.325 e. The average Bonchev–Trinajstić information content (AvgIpc) is 2.28. The monoisotopic (exact) mass is 258 g/mol. The Balaban J connectivity index is 2.14. The van der Waals surface area contributed by atoms with Gasteiger partial charge in [-0.3, -0.25) is 0 Å². The molecule has 2 rings (SSSR count). The highest BCUT2D eigenvalue weighted by Gasteiger charge is 2.32. The maximum atomic E-state index is 12.6. The Kier molecular flexibility index (Phi) is 3.64. The predicted octanol–water partition coefficient (Wildman–Crippen LogP) is 2.33. The van der Waals surface area contributed by atoms with E-state index in [1.54, 1.807) is 6.07 Å². The van der Waals surface area contributed by atoms with E-state index in [0.717, 1.165) is 32.0 Å². The summed E-state index contributed by atoms with van der Waals surface area (Å²) in [6.45, 7) is 1.66. The van der Waals surface area contributed by atoms with Crippen LogP contribution in [0.2, 0.25) is 0 Å². The number of nitrogens with two attached hydrogens (primary N) is 1. The molecule has 3 N–H and O–H groups in total. The lowest BCUT2D eigenvalue weighted by Crippen LogP contribution is -2.50. The zero-order valence-electron chi connectivity index (χ0n) is 10.1. The molecule has 0 bridgehead atoms. The van der Waals surface area contributed by atoms with E-state index in [4.69, 9.17) is 5.73 Å². The van der Waals surface area contributed by atoms with Crippen LogP contribution in [0.1, 0.15) is 24.0 Å². The molecular weight excluding hydrogens is 241 g/mol. The Labute approximate surface area is 104 Å². The molecule has 1 aliphatic heterocycles. The molecule has 0 unspecified atom stereocenters. The predicted molar refractivity (Wildman–Crippen MR) is 64.2 cm³/mol. The first-order valence-corrected chi connectivity index (χ1v) is 6.05. The molecule has 0 spiro atoms. The maximum Gasteiger partial charge on any atom is 0.416 e. The molecule has 1 aromatic rings. The number of hydrogen-bond acceptors (Lipinski definition) is 2. The van der Waals surface area contributed by atoms with Crippen molar-refractivity contribution in [2.75, 3.05) is 13.1 Å². The van der Waals surface area contributed by atoms with Crippen molar-refractivity contribution in [1.82, 2.24) is 5.32 Å². The zero-order chi connectivity index (χ0) is 13.2. The summed E-state index contributed by atoms with van der Waals surface area (Å²) in [6.07, 6.45) is -2.20. The molecule has 0 radical (unpaired) electrons. The number of benzene rings is 1. The minimum absolute atomic E-state index is 0.379. The van der Waals surface area contributed by atoms with Gasteiger partial charge < -0.3 is 11.1 Å². The van der Waals surface area contributed by atoms with Crippen LogP contribution in [0.15, 0.2) is 24.3 Å². The van der Waals surface area contributed by atoms with Crippen molar-refractivity contribution < 1.29 is 13.2 Å². The third kappa shape index (κ3) is 3.23. The second kappa shape index (κ2) is 4.90. The van der Waals surface area contributed by atoms with Crippen LogP contribution in [-0.4, -0.2) is 18.6 Å². The third-order valence-electron chi connectivity index (χ3n) is 3.41. The second-order valence-corrected chi connectivity index (χ2v) is 4.99. The van der Waals surface area contributed by atoms with Crippen molar-refractivity contribution in [3.05, 3.63) is 35.4 Å². The standard InChI is InChI=1S/C13H17F3N2/c14-13(15,16)11-3-1-2-10(8-11)9-12(17)4-6-18-7-5-12/h1-3,8,18H,4-7,9,17H2. The van der Waals surface area contributed by atoms with E-state index < -0.39 is 11.7 Å². The molecule has 1 aromatic carbocycles. The summed E-state index contributed by atoms with van der Waals surface area (Å²) >= 11 is 0. The van der Waals surface area contributed by atoms with Crippen molar-refractivity contribution in [2.24, 2.45) is 5.73 Å². The molecular formula is C13H17F3N2. The first-order chi connectivity index (χ1) is 8.39. The van der Waals surface area contributed by atoms with Gasteiger partial charge in [-0.1, -0.05) is 18.2 Å². The molecule has 1 saturated heterocycles. The van der Waals surface area contributed by atoms with E-state index in [2.05, 4.69) is 5.32 Å². The first kappa shape index (κ1) is 13.4. The van der Waals surface area contributed by atoms with Crippen LogP contribution in [-0.2, 0) is 12.6 Å². The molecule has 0 amide bonds. The Morgan fingerprint density at radius 2 is 1.89 bits per heavy atom. The minimum Gasteiger partial charge on any atom is -0.325 e. The van der Waals surface area contributed by atoms with Crippen molar-refractivity contribution >= 4 is 0 Å². The SMILES string of the molecule is NC1(Cc2cccc(C(F)(F)F)c2)CCNCC1. The maximum absolute atomic E-state index is 12.6. The van der Waals surface area contributed by atoms with Crippen LogP contribution in [0, 0.1) is 0 Å². The molecule has 0 saturated carbocycles. The fourth-order valence-corrected chi connectivity index (χ4v) is 2.37. The van der Waals surface area contributed by atoms with Gasteiger partial charge >= 0.3 is 6.18 Å². The van der Waals surface area contributed by atoms with Gasteiger partial charge in [0.2, 0.25) is 0 Å². The first-order valence-electron chi connectivity index (χ1n) is 6.05. The quantitative estimate of drug-likeness (QED) is 0.854. The van der Waals surface area contributed by atoms with Crippen molar-refractivity contribution in [3.8, 4) is 0 Å². The van der Waals surface area contributed by atoms with Gasteiger partial charge in [0.25, 0.3) is 0 Å². The number of piperidine rings is 1. The minimum atomic E-state index is -4.29. The molecule has 0 atom stereocenters. The van der Waals surface area contributed by atoms with E-state index in [0.29, 0.717) is 12.0 Å². The number of rotatable bonds is 2. The Morgan fingerprint density at radius 1 is 1.22 bits per heavy atom. The van der Waals surface area contributed by atoms with Crippen LogP contribution in [0.5, 0.6) is 0 Å². The fourth-order valence-electron chi connectivity index (χ4n) is 2.37. The van der Waals surface area contributed by atoms with E-state index in [9.17, 15) is 13.2 Å². The lowest BCUT2D eigenvalue weighted by Gasteiger charge is -2.34. The third-order valence-corrected chi connectivity index (χ3v) is 3.41. The lowest BCUT2D eigenvalue weighted by atomic mass is 9.83. The lowest BCUT2D eigenvalue weighted by molar-refractivity contribution is -0.137. The van der Waals surface area contributed by atoms with E-state index in [1.807, 2.05) is 0 Å². The van der Waals surface area contributed by atoms with Gasteiger partial charge in [-0.15, -0.1) is 0 Å². The number of nitrogens with one attached hydrogen (secondary N) is 1. The Bertz CT molecular complexity index is 409. The van der Waals surface area contributed by atoms with Crippen molar-refractivity contribution in [3.63, 3.8) is 0 Å². The molecule has 1 heterocycles. The molecule has 1 fully saturated rings. The van der Waals surface area contributed by atoms with Gasteiger partial charge in [0, 0.05) is 5.54 Å². The molecule has 0 aliphatic carbocycles. The topological polar surface area (TPSA) is 38.0 Å². The van der Waals surface area contributed by atoms with Gasteiger partial charge in [0.05, 0.1) is 5.56 Å². The van der Waals surface area contributed by atoms with Gasteiger partial charge in [0.1, 0.15) is 0 Å². The number of alkyl halides is 3.